The van der Waals surface area contributed by atoms with Gasteiger partial charge in [0.05, 0.1) is 10.7 Å². The van der Waals surface area contributed by atoms with Gasteiger partial charge in [-0.3, -0.25) is 14.9 Å². The number of carbonyl (C=O) groups is 1. The summed E-state index contributed by atoms with van der Waals surface area (Å²) in [5.41, 5.74) is 2.59. The maximum absolute atomic E-state index is 12.1. The van der Waals surface area contributed by atoms with Crippen molar-refractivity contribution >= 4 is 34.4 Å². The largest absolute Gasteiger partial charge is 0.460 e. The van der Waals surface area contributed by atoms with E-state index in [1.54, 1.807) is 18.2 Å². The van der Waals surface area contributed by atoms with E-state index in [-0.39, 0.29) is 18.0 Å². The molecule has 0 unspecified atom stereocenters. The molecule has 2 aromatic carbocycles. The first-order valence-electron chi connectivity index (χ1n) is 8.40. The minimum Gasteiger partial charge on any atom is -0.460 e. The zero-order chi connectivity index (χ0) is 20.3. The van der Waals surface area contributed by atoms with Crippen molar-refractivity contribution in [1.82, 2.24) is 0 Å². The van der Waals surface area contributed by atoms with Crippen molar-refractivity contribution in [3.63, 3.8) is 0 Å². The van der Waals surface area contributed by atoms with Gasteiger partial charge in [0, 0.05) is 34.0 Å². The number of hydrogen-bond donors (Lipinski definition) is 0. The van der Waals surface area contributed by atoms with E-state index >= 15 is 0 Å². The van der Waals surface area contributed by atoms with Gasteiger partial charge in [0.1, 0.15) is 12.2 Å². The number of nitrogens with zero attached hydrogens (tertiary/aromatic N) is 1. The van der Waals surface area contributed by atoms with Crippen LogP contribution in [0.1, 0.15) is 16.7 Å². The molecule has 0 atom stereocenters. The second-order valence-corrected chi connectivity index (χ2v) is 7.27. The predicted molar refractivity (Wildman–Crippen MR) is 106 cm³/mol. The highest BCUT2D eigenvalue weighted by Crippen LogP contribution is 2.23. The highest BCUT2D eigenvalue weighted by molar-refractivity contribution is 8.00. The average molecular weight is 399 g/mol. The Morgan fingerprint density at radius 3 is 2.50 bits per heavy atom. The number of hydrogen-bond acceptors (Lipinski definition) is 7. The van der Waals surface area contributed by atoms with Gasteiger partial charge < -0.3 is 9.15 Å². The molecule has 28 heavy (non-hydrogen) atoms. The Morgan fingerprint density at radius 2 is 1.82 bits per heavy atom. The summed E-state index contributed by atoms with van der Waals surface area (Å²) < 4.78 is 10.5. The van der Waals surface area contributed by atoms with Gasteiger partial charge in [-0.05, 0) is 49.2 Å². The molecule has 3 aromatic rings. The van der Waals surface area contributed by atoms with Gasteiger partial charge in [-0.2, -0.15) is 0 Å². The molecule has 0 aliphatic rings. The van der Waals surface area contributed by atoms with Crippen molar-refractivity contribution in [1.29, 1.82) is 0 Å². The smallest absolute Gasteiger partial charge is 0.336 e. The molecule has 0 saturated heterocycles. The van der Waals surface area contributed by atoms with E-state index in [0.29, 0.717) is 11.1 Å². The van der Waals surface area contributed by atoms with E-state index in [2.05, 4.69) is 0 Å². The highest BCUT2D eigenvalue weighted by Gasteiger charge is 2.11. The van der Waals surface area contributed by atoms with E-state index < -0.39 is 16.5 Å². The molecule has 144 valence electrons. The number of nitro benzene ring substituents is 1. The van der Waals surface area contributed by atoms with E-state index in [0.717, 1.165) is 21.4 Å². The van der Waals surface area contributed by atoms with Gasteiger partial charge in [-0.25, -0.2) is 4.79 Å². The van der Waals surface area contributed by atoms with Crippen LogP contribution in [-0.4, -0.2) is 16.6 Å². The Bertz CT molecular complexity index is 1100. The van der Waals surface area contributed by atoms with Crippen LogP contribution < -0.4 is 5.63 Å². The van der Waals surface area contributed by atoms with Crippen molar-refractivity contribution in [2.75, 3.05) is 5.75 Å². The van der Waals surface area contributed by atoms with E-state index in [4.69, 9.17) is 9.15 Å². The van der Waals surface area contributed by atoms with Gasteiger partial charge in [0.15, 0.2) is 0 Å². The van der Waals surface area contributed by atoms with Gasteiger partial charge in [0.2, 0.25) is 0 Å². The Balaban J connectivity index is 1.65. The first kappa shape index (κ1) is 19.6. The second-order valence-electron chi connectivity index (χ2n) is 6.22. The van der Waals surface area contributed by atoms with E-state index in [1.807, 2.05) is 19.9 Å². The second kappa shape index (κ2) is 8.26. The number of fused-ring (bicyclic) bond motifs is 1. The Labute approximate surface area is 164 Å². The maximum atomic E-state index is 12.1. The van der Waals surface area contributed by atoms with Crippen molar-refractivity contribution in [2.45, 2.75) is 25.3 Å². The molecule has 0 amide bonds. The molecule has 7 nitrogen and oxygen atoms in total. The first-order chi connectivity index (χ1) is 13.3. The SMILES string of the molecule is Cc1cc2oc(=O)cc(COC(=O)CSc3ccc([N+](=O)[O-])cc3)c2cc1C. The van der Waals surface area contributed by atoms with Gasteiger partial charge in [-0.1, -0.05) is 0 Å². The van der Waals surface area contributed by atoms with Crippen LogP contribution in [0.5, 0.6) is 0 Å². The molecular weight excluding hydrogens is 382 g/mol. The summed E-state index contributed by atoms with van der Waals surface area (Å²) in [6.07, 6.45) is 0. The van der Waals surface area contributed by atoms with Crippen LogP contribution in [0.3, 0.4) is 0 Å². The lowest BCUT2D eigenvalue weighted by Gasteiger charge is -2.09. The van der Waals surface area contributed by atoms with Gasteiger partial charge >= 0.3 is 11.6 Å². The third kappa shape index (κ3) is 4.58. The summed E-state index contributed by atoms with van der Waals surface area (Å²) in [5, 5.41) is 11.4. The number of aryl methyl sites for hydroxylation is 2. The predicted octanol–water partition coefficient (Wildman–Crippen LogP) is 4.15. The van der Waals surface area contributed by atoms with Crippen LogP contribution in [-0.2, 0) is 16.1 Å². The third-order valence-electron chi connectivity index (χ3n) is 4.24. The molecular formula is C20H17NO6S. The zero-order valence-electron chi connectivity index (χ0n) is 15.3. The molecule has 0 spiro atoms. The Hall–Kier alpha value is -3.13. The summed E-state index contributed by atoms with van der Waals surface area (Å²) in [7, 11) is 0. The number of non-ortho nitro benzene ring substituents is 1. The minimum atomic E-state index is -0.498. The van der Waals surface area contributed by atoms with Crippen molar-refractivity contribution in [3.8, 4) is 0 Å². The lowest BCUT2D eigenvalue weighted by atomic mass is 10.0. The number of carbonyl (C=O) groups excluding carboxylic acids is 1. The Morgan fingerprint density at radius 1 is 1.14 bits per heavy atom. The molecule has 0 saturated carbocycles. The van der Waals surface area contributed by atoms with Crippen LogP contribution in [0.15, 0.2) is 56.6 Å². The highest BCUT2D eigenvalue weighted by atomic mass is 32.2. The molecule has 0 aliphatic carbocycles. The van der Waals surface area contributed by atoms with E-state index in [9.17, 15) is 19.7 Å². The summed E-state index contributed by atoms with van der Waals surface area (Å²) in [4.78, 5) is 34.7. The number of rotatable bonds is 6. The number of esters is 1. The fourth-order valence-corrected chi connectivity index (χ4v) is 3.30. The number of thioether (sulfide) groups is 1. The lowest BCUT2D eigenvalue weighted by molar-refractivity contribution is -0.384. The van der Waals surface area contributed by atoms with Crippen LogP contribution >= 0.6 is 11.8 Å². The molecule has 8 heteroatoms. The fraction of sp³-hybridized carbons (Fsp3) is 0.200. The van der Waals surface area contributed by atoms with Crippen LogP contribution in [0.25, 0.3) is 11.0 Å². The normalized spacial score (nSPS) is 10.8. The van der Waals surface area contributed by atoms with Crippen molar-refractivity contribution in [3.05, 3.63) is 79.7 Å². The molecule has 0 fully saturated rings. The number of benzene rings is 2. The molecule has 0 N–H and O–H groups in total. The fourth-order valence-electron chi connectivity index (χ4n) is 2.61. The average Bonchev–Trinajstić information content (AvgIpc) is 2.66. The molecule has 0 bridgehead atoms. The third-order valence-corrected chi connectivity index (χ3v) is 5.22. The maximum Gasteiger partial charge on any atom is 0.336 e. The molecule has 1 heterocycles. The summed E-state index contributed by atoms with van der Waals surface area (Å²) >= 11 is 1.22. The minimum absolute atomic E-state index is 0.00718. The lowest BCUT2D eigenvalue weighted by Crippen LogP contribution is -2.09. The number of ether oxygens (including phenoxy) is 1. The monoisotopic (exact) mass is 399 g/mol. The zero-order valence-corrected chi connectivity index (χ0v) is 16.1. The van der Waals surface area contributed by atoms with Crippen LogP contribution in [0.2, 0.25) is 0 Å². The topological polar surface area (TPSA) is 99.7 Å². The molecule has 1 aromatic heterocycles. The van der Waals surface area contributed by atoms with Crippen LogP contribution in [0, 0.1) is 24.0 Å². The van der Waals surface area contributed by atoms with Gasteiger partial charge in [0.25, 0.3) is 5.69 Å². The Kier molecular flexibility index (Phi) is 5.79. The molecule has 3 rings (SSSR count). The molecule has 0 aliphatic heterocycles. The van der Waals surface area contributed by atoms with Crippen molar-refractivity contribution < 1.29 is 18.9 Å². The molecule has 0 radical (unpaired) electrons. The van der Waals surface area contributed by atoms with Gasteiger partial charge in [-0.15, -0.1) is 11.8 Å². The van der Waals surface area contributed by atoms with E-state index in [1.165, 1.54) is 30.0 Å². The summed E-state index contributed by atoms with van der Waals surface area (Å²) in [6.45, 7) is 3.84. The van der Waals surface area contributed by atoms with Crippen LogP contribution in [0.4, 0.5) is 5.69 Å². The quantitative estimate of drug-likeness (QED) is 0.202. The summed E-state index contributed by atoms with van der Waals surface area (Å²) in [6, 6.07) is 11.0. The first-order valence-corrected chi connectivity index (χ1v) is 9.39. The number of nitro groups is 1. The summed E-state index contributed by atoms with van der Waals surface area (Å²) in [5.74, 6) is -0.399. The standard InChI is InChI=1S/C20H17NO6S/c1-12-7-17-14(9-19(22)27-18(17)8-13(12)2)10-26-20(23)11-28-16-5-3-15(4-6-16)21(24)25/h3-9H,10-11H2,1-2H3. The van der Waals surface area contributed by atoms with Crippen molar-refractivity contribution in [2.24, 2.45) is 0 Å².